The van der Waals surface area contributed by atoms with Crippen LogP contribution in [0.15, 0.2) is 0 Å². The highest BCUT2D eigenvalue weighted by atomic mass is 19.4. The van der Waals surface area contributed by atoms with Crippen LogP contribution in [0.2, 0.25) is 0 Å². The van der Waals surface area contributed by atoms with E-state index in [0.29, 0.717) is 0 Å². The lowest BCUT2D eigenvalue weighted by Gasteiger charge is -2.43. The van der Waals surface area contributed by atoms with E-state index in [9.17, 15) is 18.3 Å². The molecule has 0 heterocycles. The highest BCUT2D eigenvalue weighted by molar-refractivity contribution is 5.08. The highest BCUT2D eigenvalue weighted by Gasteiger charge is 2.51. The summed E-state index contributed by atoms with van der Waals surface area (Å²) >= 11 is 0. The summed E-state index contributed by atoms with van der Waals surface area (Å²) in [5.74, 6) is -1.33. The number of aliphatic hydroxyl groups is 1. The van der Waals surface area contributed by atoms with Gasteiger partial charge in [-0.1, -0.05) is 0 Å². The predicted molar refractivity (Wildman–Crippen MR) is 52.4 cm³/mol. The van der Waals surface area contributed by atoms with Crippen LogP contribution in [0.1, 0.15) is 39.5 Å². The Morgan fingerprint density at radius 1 is 1.25 bits per heavy atom. The highest BCUT2D eigenvalue weighted by Crippen LogP contribution is 2.47. The van der Waals surface area contributed by atoms with Crippen LogP contribution in [-0.2, 0) is 0 Å². The van der Waals surface area contributed by atoms with Gasteiger partial charge in [0.1, 0.15) is 0 Å². The summed E-state index contributed by atoms with van der Waals surface area (Å²) < 4.78 is 37.3. The molecule has 5 heteroatoms. The number of halogens is 3. The van der Waals surface area contributed by atoms with E-state index in [2.05, 4.69) is 0 Å². The average molecular weight is 235 g/mol. The number of rotatable bonds is 1. The van der Waals surface area contributed by atoms with E-state index in [1.807, 2.05) is 6.07 Å². The molecular formula is C11H16F3NO. The maximum absolute atomic E-state index is 12.4. The number of nitriles is 1. The Morgan fingerprint density at radius 2 is 1.69 bits per heavy atom. The molecule has 0 aromatic heterocycles. The molecule has 0 saturated heterocycles. The smallest absolute Gasteiger partial charge is 0.388 e. The van der Waals surface area contributed by atoms with Crippen molar-refractivity contribution in [3.05, 3.63) is 0 Å². The van der Waals surface area contributed by atoms with Crippen LogP contribution in [0.3, 0.4) is 0 Å². The van der Waals surface area contributed by atoms with Gasteiger partial charge in [0.2, 0.25) is 0 Å². The van der Waals surface area contributed by atoms with E-state index in [1.54, 1.807) is 13.8 Å². The molecule has 2 nitrogen and oxygen atoms in total. The molecule has 1 fully saturated rings. The molecule has 1 aliphatic rings. The van der Waals surface area contributed by atoms with Gasteiger partial charge in [-0.25, -0.2) is 0 Å². The van der Waals surface area contributed by atoms with Crippen molar-refractivity contribution >= 4 is 0 Å². The Kier molecular flexibility index (Phi) is 3.26. The van der Waals surface area contributed by atoms with Crippen LogP contribution < -0.4 is 0 Å². The molecule has 92 valence electrons. The number of hydrogen-bond donors (Lipinski definition) is 1. The maximum atomic E-state index is 12.4. The Hall–Kier alpha value is -0.760. The topological polar surface area (TPSA) is 44.0 Å². The molecule has 0 unspecified atom stereocenters. The molecule has 1 N–H and O–H groups in total. The number of alkyl halides is 3. The van der Waals surface area contributed by atoms with E-state index < -0.39 is 23.1 Å². The zero-order valence-corrected chi connectivity index (χ0v) is 9.43. The second kappa shape index (κ2) is 3.92. The van der Waals surface area contributed by atoms with Gasteiger partial charge in [-0.3, -0.25) is 0 Å². The van der Waals surface area contributed by atoms with Crippen molar-refractivity contribution in [3.8, 4) is 6.07 Å². The number of hydrogen-bond acceptors (Lipinski definition) is 2. The minimum Gasteiger partial charge on any atom is -0.388 e. The van der Waals surface area contributed by atoms with E-state index >= 15 is 0 Å². The van der Waals surface area contributed by atoms with Crippen LogP contribution in [0.4, 0.5) is 13.2 Å². The summed E-state index contributed by atoms with van der Waals surface area (Å²) in [5.41, 5.74) is -2.28. The Bertz CT molecular complexity index is 295. The molecule has 16 heavy (non-hydrogen) atoms. The lowest BCUT2D eigenvalue weighted by atomic mass is 9.65. The lowest BCUT2D eigenvalue weighted by Crippen LogP contribution is -2.48. The molecule has 0 atom stereocenters. The van der Waals surface area contributed by atoms with E-state index in [4.69, 9.17) is 5.26 Å². The molecule has 0 spiro atoms. The molecule has 1 saturated carbocycles. The third kappa shape index (κ3) is 2.32. The minimum absolute atomic E-state index is 0.0394. The van der Waals surface area contributed by atoms with E-state index in [0.717, 1.165) is 0 Å². The summed E-state index contributed by atoms with van der Waals surface area (Å²) in [4.78, 5) is 0. The SMILES string of the molecule is CC(C)(C#N)C1(O)CCC(C(F)(F)F)CC1. The van der Waals surface area contributed by atoms with Crippen LogP contribution >= 0.6 is 0 Å². The molecule has 0 aromatic carbocycles. The third-order valence-corrected chi connectivity index (χ3v) is 3.72. The Balaban J connectivity index is 2.72. The first-order valence-corrected chi connectivity index (χ1v) is 5.33. The lowest BCUT2D eigenvalue weighted by molar-refractivity contribution is -0.198. The summed E-state index contributed by atoms with van der Waals surface area (Å²) in [6, 6.07) is 1.97. The fraction of sp³-hybridized carbons (Fsp3) is 0.909. The fourth-order valence-electron chi connectivity index (χ4n) is 2.15. The van der Waals surface area contributed by atoms with Crippen molar-refractivity contribution < 1.29 is 18.3 Å². The van der Waals surface area contributed by atoms with Gasteiger partial charge in [0.05, 0.1) is 23.0 Å². The molecule has 0 aliphatic heterocycles. The molecular weight excluding hydrogens is 219 g/mol. The summed E-state index contributed by atoms with van der Waals surface area (Å²) in [6.07, 6.45) is -4.29. The predicted octanol–water partition coefficient (Wildman–Crippen LogP) is 3.02. The van der Waals surface area contributed by atoms with Crippen LogP contribution in [0, 0.1) is 22.7 Å². The standard InChI is InChI=1S/C11H16F3NO/c1-9(2,7-15)10(16)5-3-8(4-6-10)11(12,13)14/h8,16H,3-6H2,1-2H3. The monoisotopic (exact) mass is 235 g/mol. The summed E-state index contributed by atoms with van der Waals surface area (Å²) in [7, 11) is 0. The first-order chi connectivity index (χ1) is 7.12. The van der Waals surface area contributed by atoms with Crippen molar-refractivity contribution in [2.75, 3.05) is 0 Å². The van der Waals surface area contributed by atoms with Crippen molar-refractivity contribution in [1.82, 2.24) is 0 Å². The van der Waals surface area contributed by atoms with E-state index in [1.165, 1.54) is 0 Å². The van der Waals surface area contributed by atoms with Crippen molar-refractivity contribution in [3.63, 3.8) is 0 Å². The van der Waals surface area contributed by atoms with Gasteiger partial charge in [-0.05, 0) is 39.5 Å². The van der Waals surface area contributed by atoms with Crippen molar-refractivity contribution in [2.24, 2.45) is 11.3 Å². The normalized spacial score (nSPS) is 32.2. The average Bonchev–Trinajstić information content (AvgIpc) is 2.16. The van der Waals surface area contributed by atoms with Crippen LogP contribution in [0.25, 0.3) is 0 Å². The Morgan fingerprint density at radius 3 is 2.00 bits per heavy atom. The van der Waals surface area contributed by atoms with Crippen molar-refractivity contribution in [1.29, 1.82) is 5.26 Å². The molecule has 1 aliphatic carbocycles. The molecule has 0 amide bonds. The zero-order chi connectivity index (χ0) is 12.6. The third-order valence-electron chi connectivity index (χ3n) is 3.72. The van der Waals surface area contributed by atoms with Gasteiger partial charge < -0.3 is 5.11 Å². The summed E-state index contributed by atoms with van der Waals surface area (Å²) in [6.45, 7) is 3.14. The maximum Gasteiger partial charge on any atom is 0.391 e. The second-order valence-electron chi connectivity index (χ2n) is 5.08. The van der Waals surface area contributed by atoms with Crippen LogP contribution in [-0.4, -0.2) is 16.9 Å². The van der Waals surface area contributed by atoms with Gasteiger partial charge in [-0.15, -0.1) is 0 Å². The first-order valence-electron chi connectivity index (χ1n) is 5.33. The van der Waals surface area contributed by atoms with Crippen LogP contribution in [0.5, 0.6) is 0 Å². The second-order valence-corrected chi connectivity index (χ2v) is 5.08. The van der Waals surface area contributed by atoms with Gasteiger partial charge in [0.25, 0.3) is 0 Å². The molecule has 0 aromatic rings. The van der Waals surface area contributed by atoms with Gasteiger partial charge >= 0.3 is 6.18 Å². The molecule has 0 bridgehead atoms. The van der Waals surface area contributed by atoms with Crippen molar-refractivity contribution in [2.45, 2.75) is 51.3 Å². The molecule has 0 radical (unpaired) electrons. The number of nitrogens with zero attached hydrogens (tertiary/aromatic N) is 1. The Labute approximate surface area is 93.1 Å². The zero-order valence-electron chi connectivity index (χ0n) is 9.43. The minimum atomic E-state index is -4.18. The van der Waals surface area contributed by atoms with Gasteiger partial charge in [0.15, 0.2) is 0 Å². The quantitative estimate of drug-likeness (QED) is 0.759. The largest absolute Gasteiger partial charge is 0.391 e. The van der Waals surface area contributed by atoms with Gasteiger partial charge in [-0.2, -0.15) is 18.4 Å². The van der Waals surface area contributed by atoms with Gasteiger partial charge in [0, 0.05) is 0 Å². The first kappa shape index (κ1) is 13.3. The fourth-order valence-corrected chi connectivity index (χ4v) is 2.15. The molecule has 1 rings (SSSR count). The summed E-state index contributed by atoms with van der Waals surface area (Å²) in [5, 5.41) is 19.1. The van der Waals surface area contributed by atoms with E-state index in [-0.39, 0.29) is 25.7 Å².